The summed E-state index contributed by atoms with van der Waals surface area (Å²) in [7, 11) is 0. The number of nitrogens with two attached hydrogens (primary N) is 2. The maximum Gasteiger partial charge on any atom is 0.220 e. The van der Waals surface area contributed by atoms with Gasteiger partial charge in [-0.2, -0.15) is 4.99 Å². The van der Waals surface area contributed by atoms with Gasteiger partial charge < -0.3 is 11.5 Å². The van der Waals surface area contributed by atoms with Crippen molar-refractivity contribution >= 4 is 29.4 Å². The van der Waals surface area contributed by atoms with Crippen molar-refractivity contribution in [1.29, 1.82) is 0 Å². The van der Waals surface area contributed by atoms with Gasteiger partial charge in [-0.3, -0.25) is 4.90 Å². The molecule has 146 valence electrons. The number of aryl methyl sites for hydroxylation is 1. The van der Waals surface area contributed by atoms with Crippen molar-refractivity contribution in [3.8, 4) is 0 Å². The Morgan fingerprint density at radius 1 is 1.04 bits per heavy atom. The lowest BCUT2D eigenvalue weighted by Crippen LogP contribution is -2.58. The second-order valence-electron chi connectivity index (χ2n) is 7.56. The Morgan fingerprint density at radius 3 is 2.61 bits per heavy atom. The van der Waals surface area contributed by atoms with E-state index in [2.05, 4.69) is 65.3 Å². The van der Waals surface area contributed by atoms with E-state index in [9.17, 15) is 0 Å². The first-order valence-corrected chi connectivity index (χ1v) is 10.8. The predicted molar refractivity (Wildman–Crippen MR) is 119 cm³/mol. The first-order chi connectivity index (χ1) is 13.6. The molecule has 5 nitrogen and oxygen atoms in total. The summed E-state index contributed by atoms with van der Waals surface area (Å²) in [5.41, 5.74) is 15.7. The molecule has 0 amide bonds. The molecule has 0 bridgehead atoms. The van der Waals surface area contributed by atoms with Gasteiger partial charge in [0.05, 0.1) is 5.69 Å². The zero-order valence-electron chi connectivity index (χ0n) is 16.3. The number of guanidine groups is 2. The molecule has 0 atom stereocenters. The molecule has 4 rings (SSSR count). The first-order valence-electron chi connectivity index (χ1n) is 9.84. The summed E-state index contributed by atoms with van der Waals surface area (Å²) in [4.78, 5) is 12.4. The average Bonchev–Trinajstić information content (AvgIpc) is 2.67. The molecule has 0 radical (unpaired) electrons. The zero-order valence-corrected chi connectivity index (χ0v) is 17.1. The Balaban J connectivity index is 1.67. The number of nitrogens with zero attached hydrogens (tertiary/aromatic N) is 3. The summed E-state index contributed by atoms with van der Waals surface area (Å²) in [5, 5.41) is 0. The predicted octanol–water partition coefficient (Wildman–Crippen LogP) is 4.40. The molecule has 1 saturated carbocycles. The van der Waals surface area contributed by atoms with E-state index in [4.69, 9.17) is 16.5 Å². The van der Waals surface area contributed by atoms with Crippen LogP contribution in [0.1, 0.15) is 43.2 Å². The largest absolute Gasteiger partial charge is 0.369 e. The fraction of sp³-hybridized carbons (Fsp3) is 0.364. The molecular weight excluding hydrogens is 366 g/mol. The lowest BCUT2D eigenvalue weighted by Gasteiger charge is -2.46. The summed E-state index contributed by atoms with van der Waals surface area (Å²) >= 11 is 1.82. The van der Waals surface area contributed by atoms with Crippen molar-refractivity contribution in [2.75, 3.05) is 4.90 Å². The monoisotopic (exact) mass is 393 g/mol. The number of hydrogen-bond acceptors (Lipinski definition) is 6. The number of hydrogen-bond donors (Lipinski definition) is 2. The third-order valence-corrected chi connectivity index (χ3v) is 6.57. The fourth-order valence-corrected chi connectivity index (χ4v) is 5.18. The Bertz CT molecular complexity index is 915. The van der Waals surface area contributed by atoms with Crippen molar-refractivity contribution in [1.82, 2.24) is 0 Å². The van der Waals surface area contributed by atoms with Crippen LogP contribution in [0.5, 0.6) is 0 Å². The van der Waals surface area contributed by atoms with Crippen molar-refractivity contribution in [3.63, 3.8) is 0 Å². The van der Waals surface area contributed by atoms with Crippen LogP contribution in [-0.4, -0.2) is 17.6 Å². The molecule has 2 aliphatic rings. The van der Waals surface area contributed by atoms with Gasteiger partial charge in [0.15, 0.2) is 0 Å². The quantitative estimate of drug-likeness (QED) is 0.755. The summed E-state index contributed by atoms with van der Waals surface area (Å²) in [6, 6.07) is 17.0. The lowest BCUT2D eigenvalue weighted by atomic mass is 9.87. The molecule has 2 aromatic rings. The second kappa shape index (κ2) is 7.87. The van der Waals surface area contributed by atoms with Gasteiger partial charge in [0.1, 0.15) is 5.66 Å². The van der Waals surface area contributed by atoms with Crippen LogP contribution in [-0.2, 0) is 5.75 Å². The number of rotatable bonds is 4. The fourth-order valence-electron chi connectivity index (χ4n) is 4.20. The molecule has 0 saturated heterocycles. The van der Waals surface area contributed by atoms with E-state index in [-0.39, 0.29) is 0 Å². The Morgan fingerprint density at radius 2 is 1.82 bits per heavy atom. The smallest absolute Gasteiger partial charge is 0.220 e. The number of anilines is 1. The average molecular weight is 394 g/mol. The summed E-state index contributed by atoms with van der Waals surface area (Å²) in [5.74, 6) is 1.64. The van der Waals surface area contributed by atoms with Gasteiger partial charge in [0.25, 0.3) is 0 Å². The van der Waals surface area contributed by atoms with E-state index < -0.39 is 5.66 Å². The number of para-hydroxylation sites is 1. The Hall–Kier alpha value is -2.47. The minimum absolute atomic E-state index is 0.292. The maximum absolute atomic E-state index is 6.41. The van der Waals surface area contributed by atoms with Crippen molar-refractivity contribution in [2.24, 2.45) is 21.5 Å². The van der Waals surface area contributed by atoms with Gasteiger partial charge in [-0.1, -0.05) is 48.4 Å². The van der Waals surface area contributed by atoms with Crippen molar-refractivity contribution in [2.45, 2.75) is 55.3 Å². The number of benzene rings is 2. The number of thioether (sulfide) groups is 1. The molecule has 4 N–H and O–H groups in total. The standard InChI is InChI=1S/C22H27N5S/c1-16-8-7-9-17(14-16)15-28-19-11-4-3-10-18(19)27-21(24)25-20(23)26-22(27)12-5-2-6-13-22/h3-4,7-11,14H,2,5-6,12-13,15H2,1H3,(H4,23,24,25,26). The third-order valence-electron chi connectivity index (χ3n) is 5.43. The highest BCUT2D eigenvalue weighted by Gasteiger charge is 2.43. The lowest BCUT2D eigenvalue weighted by molar-refractivity contribution is 0.305. The highest BCUT2D eigenvalue weighted by atomic mass is 32.2. The molecular formula is C22H27N5S. The molecule has 0 unspecified atom stereocenters. The van der Waals surface area contributed by atoms with E-state index in [0.717, 1.165) is 37.1 Å². The third kappa shape index (κ3) is 3.74. The minimum atomic E-state index is -0.409. The molecule has 0 aromatic heterocycles. The molecule has 1 heterocycles. The van der Waals surface area contributed by atoms with Gasteiger partial charge >= 0.3 is 0 Å². The highest BCUT2D eigenvalue weighted by molar-refractivity contribution is 7.98. The molecule has 1 aliphatic carbocycles. The first kappa shape index (κ1) is 18.9. The van der Waals surface area contributed by atoms with E-state index in [1.165, 1.54) is 22.4 Å². The molecule has 28 heavy (non-hydrogen) atoms. The van der Waals surface area contributed by atoms with Crippen LogP contribution < -0.4 is 16.4 Å². The van der Waals surface area contributed by atoms with Gasteiger partial charge in [-0.05, 0) is 50.3 Å². The molecule has 1 aliphatic heterocycles. The van der Waals surface area contributed by atoms with Crippen LogP contribution >= 0.6 is 11.8 Å². The SMILES string of the molecule is Cc1cccc(CSc2ccccc2N2C(N)=NC(N)=NC23CCCCC3)c1. The number of aliphatic imine (C=N–C) groups is 2. The van der Waals surface area contributed by atoms with Gasteiger partial charge in [-0.15, -0.1) is 11.8 Å². The molecule has 1 spiro atoms. The molecule has 1 fully saturated rings. The summed E-state index contributed by atoms with van der Waals surface area (Å²) in [6.45, 7) is 2.13. The normalized spacial score (nSPS) is 18.7. The highest BCUT2D eigenvalue weighted by Crippen LogP contribution is 2.43. The molecule has 6 heteroatoms. The minimum Gasteiger partial charge on any atom is -0.369 e. The van der Waals surface area contributed by atoms with E-state index in [0.29, 0.717) is 11.9 Å². The van der Waals surface area contributed by atoms with Gasteiger partial charge in [0, 0.05) is 10.6 Å². The molecule has 2 aromatic carbocycles. The van der Waals surface area contributed by atoms with Crippen LogP contribution in [0, 0.1) is 6.92 Å². The van der Waals surface area contributed by atoms with E-state index in [1.54, 1.807) is 0 Å². The van der Waals surface area contributed by atoms with Gasteiger partial charge in [0.2, 0.25) is 11.9 Å². The topological polar surface area (TPSA) is 80.0 Å². The summed E-state index contributed by atoms with van der Waals surface area (Å²) < 4.78 is 0. The van der Waals surface area contributed by atoms with E-state index in [1.807, 2.05) is 11.8 Å². The summed E-state index contributed by atoms with van der Waals surface area (Å²) in [6.07, 6.45) is 5.37. The zero-order chi connectivity index (χ0) is 19.6. The van der Waals surface area contributed by atoms with Crippen LogP contribution in [0.3, 0.4) is 0 Å². The Kier molecular flexibility index (Phi) is 5.31. The van der Waals surface area contributed by atoms with Gasteiger partial charge in [-0.25, -0.2) is 4.99 Å². The van der Waals surface area contributed by atoms with Crippen molar-refractivity contribution in [3.05, 3.63) is 59.7 Å². The van der Waals surface area contributed by atoms with Crippen molar-refractivity contribution < 1.29 is 0 Å². The van der Waals surface area contributed by atoms with Crippen LogP contribution in [0.2, 0.25) is 0 Å². The van der Waals surface area contributed by atoms with Crippen LogP contribution in [0.25, 0.3) is 0 Å². The van der Waals surface area contributed by atoms with Crippen LogP contribution in [0.15, 0.2) is 63.4 Å². The Labute approximate surface area is 170 Å². The second-order valence-corrected chi connectivity index (χ2v) is 8.58. The van der Waals surface area contributed by atoms with Crippen LogP contribution in [0.4, 0.5) is 5.69 Å². The maximum atomic E-state index is 6.41. The van der Waals surface area contributed by atoms with E-state index >= 15 is 0 Å².